The smallest absolute Gasteiger partial charge is 0.306 e. The maximum atomic E-state index is 11.9. The lowest BCUT2D eigenvalue weighted by molar-refractivity contribution is -0.141. The second kappa shape index (κ2) is 5.82. The third kappa shape index (κ3) is 3.53. The number of aryl methyl sites for hydroxylation is 1. The van der Waals surface area contributed by atoms with Gasteiger partial charge in [0.2, 0.25) is 5.91 Å². The Morgan fingerprint density at radius 3 is 2.68 bits per heavy atom. The summed E-state index contributed by atoms with van der Waals surface area (Å²) in [4.78, 5) is 26.9. The van der Waals surface area contributed by atoms with Crippen molar-refractivity contribution in [2.45, 2.75) is 32.7 Å². The van der Waals surface area contributed by atoms with Crippen LogP contribution in [-0.2, 0) is 16.1 Å². The zero-order valence-electron chi connectivity index (χ0n) is 10.9. The molecule has 102 valence electrons. The Morgan fingerprint density at radius 2 is 2.11 bits per heavy atom. The van der Waals surface area contributed by atoms with Gasteiger partial charge in [-0.3, -0.25) is 14.6 Å². The summed E-state index contributed by atoms with van der Waals surface area (Å²) in [5.41, 5.74) is 1.89. The van der Waals surface area contributed by atoms with Gasteiger partial charge >= 0.3 is 5.97 Å². The van der Waals surface area contributed by atoms with Gasteiger partial charge in [-0.25, -0.2) is 0 Å². The molecule has 2 N–H and O–H groups in total. The van der Waals surface area contributed by atoms with Gasteiger partial charge in [-0.15, -0.1) is 0 Å². The van der Waals surface area contributed by atoms with E-state index in [9.17, 15) is 9.59 Å². The maximum absolute atomic E-state index is 11.9. The molecule has 1 aliphatic carbocycles. The molecule has 1 aromatic rings. The number of hydrogen-bond acceptors (Lipinski definition) is 3. The monoisotopic (exact) mass is 262 g/mol. The number of amides is 1. The van der Waals surface area contributed by atoms with Gasteiger partial charge < -0.3 is 10.4 Å². The van der Waals surface area contributed by atoms with Crippen LogP contribution in [0.1, 0.15) is 30.5 Å². The minimum absolute atomic E-state index is 0.0516. The molecule has 0 unspecified atom stereocenters. The largest absolute Gasteiger partial charge is 0.481 e. The van der Waals surface area contributed by atoms with E-state index in [4.69, 9.17) is 5.11 Å². The summed E-state index contributed by atoms with van der Waals surface area (Å²) in [6.07, 6.45) is 3.45. The van der Waals surface area contributed by atoms with Crippen molar-refractivity contribution in [1.29, 1.82) is 0 Å². The Balaban J connectivity index is 1.82. The van der Waals surface area contributed by atoms with Crippen LogP contribution in [0.2, 0.25) is 0 Å². The fourth-order valence-corrected chi connectivity index (χ4v) is 2.38. The number of aliphatic carboxylic acids is 1. The number of nitrogens with zero attached hydrogens (tertiary/aromatic N) is 1. The van der Waals surface area contributed by atoms with Crippen LogP contribution in [0.4, 0.5) is 0 Å². The molecule has 5 nitrogen and oxygen atoms in total. The summed E-state index contributed by atoms with van der Waals surface area (Å²) >= 11 is 0. The SMILES string of the molecule is Cc1ccc(CNC(=O)[C@@H]2CC[C@H](C(=O)O)C2)cn1. The lowest BCUT2D eigenvalue weighted by atomic mass is 10.0. The number of carboxylic acid groups (broad SMARTS) is 1. The van der Waals surface area contributed by atoms with Crippen LogP contribution in [-0.4, -0.2) is 22.0 Å². The fourth-order valence-electron chi connectivity index (χ4n) is 2.38. The quantitative estimate of drug-likeness (QED) is 0.862. The Morgan fingerprint density at radius 1 is 1.37 bits per heavy atom. The van der Waals surface area contributed by atoms with E-state index in [-0.39, 0.29) is 17.7 Å². The number of carbonyl (C=O) groups is 2. The molecule has 2 atom stereocenters. The van der Waals surface area contributed by atoms with Crippen LogP contribution >= 0.6 is 0 Å². The van der Waals surface area contributed by atoms with Crippen molar-refractivity contribution in [3.63, 3.8) is 0 Å². The second-order valence-corrected chi connectivity index (χ2v) is 5.07. The Kier molecular flexibility index (Phi) is 4.14. The number of carboxylic acids is 1. The Bertz CT molecular complexity index is 470. The van der Waals surface area contributed by atoms with Gasteiger partial charge in [0, 0.05) is 24.4 Å². The Labute approximate surface area is 112 Å². The maximum Gasteiger partial charge on any atom is 0.306 e. The van der Waals surface area contributed by atoms with Crippen LogP contribution in [0.25, 0.3) is 0 Å². The number of aromatic nitrogens is 1. The molecule has 0 bridgehead atoms. The summed E-state index contributed by atoms with van der Waals surface area (Å²) in [5, 5.41) is 11.8. The topological polar surface area (TPSA) is 79.3 Å². The number of hydrogen-bond donors (Lipinski definition) is 2. The molecular weight excluding hydrogens is 244 g/mol. The standard InChI is InChI=1S/C14H18N2O3/c1-9-2-3-10(7-15-9)8-16-13(17)11-4-5-12(6-11)14(18)19/h2-3,7,11-12H,4-6,8H2,1H3,(H,16,17)(H,18,19)/t11-,12+/m1/s1. The molecule has 5 heteroatoms. The van der Waals surface area contributed by atoms with Crippen molar-refractivity contribution in [2.24, 2.45) is 11.8 Å². The average molecular weight is 262 g/mol. The molecule has 0 aliphatic heterocycles. The molecule has 1 aromatic heterocycles. The molecule has 0 spiro atoms. The predicted octanol–water partition coefficient (Wildman–Crippen LogP) is 1.51. The van der Waals surface area contributed by atoms with Gasteiger partial charge in [0.05, 0.1) is 5.92 Å². The minimum atomic E-state index is -0.793. The third-order valence-electron chi connectivity index (χ3n) is 3.59. The van der Waals surface area contributed by atoms with Crippen molar-refractivity contribution < 1.29 is 14.7 Å². The fraction of sp³-hybridized carbons (Fsp3) is 0.500. The van der Waals surface area contributed by atoms with Crippen molar-refractivity contribution in [3.05, 3.63) is 29.6 Å². The van der Waals surface area contributed by atoms with Crippen LogP contribution in [0, 0.1) is 18.8 Å². The van der Waals surface area contributed by atoms with E-state index in [2.05, 4.69) is 10.3 Å². The van der Waals surface area contributed by atoms with E-state index in [0.29, 0.717) is 25.8 Å². The van der Waals surface area contributed by atoms with Crippen molar-refractivity contribution in [2.75, 3.05) is 0 Å². The highest BCUT2D eigenvalue weighted by atomic mass is 16.4. The number of carbonyl (C=O) groups excluding carboxylic acids is 1. The molecule has 1 fully saturated rings. The lowest BCUT2D eigenvalue weighted by Crippen LogP contribution is -2.29. The number of nitrogens with one attached hydrogen (secondary N) is 1. The first-order valence-electron chi connectivity index (χ1n) is 6.48. The van der Waals surface area contributed by atoms with E-state index < -0.39 is 5.97 Å². The van der Waals surface area contributed by atoms with E-state index in [1.54, 1.807) is 6.20 Å². The molecule has 1 amide bonds. The minimum Gasteiger partial charge on any atom is -0.481 e. The first-order valence-corrected chi connectivity index (χ1v) is 6.48. The van der Waals surface area contributed by atoms with E-state index in [1.165, 1.54) is 0 Å². The molecular formula is C14H18N2O3. The van der Waals surface area contributed by atoms with E-state index in [1.807, 2.05) is 19.1 Å². The van der Waals surface area contributed by atoms with Gasteiger partial charge in [0.15, 0.2) is 0 Å². The summed E-state index contributed by atoms with van der Waals surface area (Å²) < 4.78 is 0. The first kappa shape index (κ1) is 13.5. The van der Waals surface area contributed by atoms with E-state index >= 15 is 0 Å². The summed E-state index contributed by atoms with van der Waals surface area (Å²) in [5.74, 6) is -1.38. The summed E-state index contributed by atoms with van der Waals surface area (Å²) in [7, 11) is 0. The lowest BCUT2D eigenvalue weighted by Gasteiger charge is -2.10. The molecule has 1 saturated carbocycles. The zero-order chi connectivity index (χ0) is 13.8. The highest BCUT2D eigenvalue weighted by Gasteiger charge is 2.33. The molecule has 0 aromatic carbocycles. The van der Waals surface area contributed by atoms with Crippen molar-refractivity contribution in [1.82, 2.24) is 10.3 Å². The molecule has 0 saturated heterocycles. The number of rotatable bonds is 4. The van der Waals surface area contributed by atoms with Crippen LogP contribution < -0.4 is 5.32 Å². The van der Waals surface area contributed by atoms with Crippen LogP contribution in [0.15, 0.2) is 18.3 Å². The molecule has 2 rings (SSSR count). The molecule has 1 aliphatic rings. The van der Waals surface area contributed by atoms with Gasteiger partial charge in [0.1, 0.15) is 0 Å². The zero-order valence-corrected chi connectivity index (χ0v) is 10.9. The third-order valence-corrected chi connectivity index (χ3v) is 3.59. The van der Waals surface area contributed by atoms with Gasteiger partial charge in [0.25, 0.3) is 0 Å². The van der Waals surface area contributed by atoms with Gasteiger partial charge in [-0.2, -0.15) is 0 Å². The Hall–Kier alpha value is -1.91. The van der Waals surface area contributed by atoms with E-state index in [0.717, 1.165) is 11.3 Å². The number of pyridine rings is 1. The predicted molar refractivity (Wildman–Crippen MR) is 69.3 cm³/mol. The van der Waals surface area contributed by atoms with Crippen LogP contribution in [0.5, 0.6) is 0 Å². The molecule has 19 heavy (non-hydrogen) atoms. The molecule has 1 heterocycles. The van der Waals surface area contributed by atoms with Crippen molar-refractivity contribution >= 4 is 11.9 Å². The average Bonchev–Trinajstić information content (AvgIpc) is 2.87. The summed E-state index contributed by atoms with van der Waals surface area (Å²) in [6, 6.07) is 3.83. The molecule has 0 radical (unpaired) electrons. The first-order chi connectivity index (χ1) is 9.06. The second-order valence-electron chi connectivity index (χ2n) is 5.07. The van der Waals surface area contributed by atoms with Gasteiger partial charge in [-0.1, -0.05) is 6.07 Å². The highest BCUT2D eigenvalue weighted by molar-refractivity contribution is 5.80. The van der Waals surface area contributed by atoms with Crippen molar-refractivity contribution in [3.8, 4) is 0 Å². The van der Waals surface area contributed by atoms with Gasteiger partial charge in [-0.05, 0) is 37.8 Å². The van der Waals surface area contributed by atoms with Crippen LogP contribution in [0.3, 0.4) is 0 Å². The highest BCUT2D eigenvalue weighted by Crippen LogP contribution is 2.31. The normalized spacial score (nSPS) is 22.2. The summed E-state index contributed by atoms with van der Waals surface area (Å²) in [6.45, 7) is 2.35.